The van der Waals surface area contributed by atoms with Gasteiger partial charge in [0.25, 0.3) is 0 Å². The van der Waals surface area contributed by atoms with Crippen LogP contribution in [0.4, 0.5) is 0 Å². The summed E-state index contributed by atoms with van der Waals surface area (Å²) < 4.78 is 5.04. The second-order valence-corrected chi connectivity index (χ2v) is 5.72. The van der Waals surface area contributed by atoms with Gasteiger partial charge in [0.15, 0.2) is 5.96 Å². The third kappa shape index (κ3) is 6.49. The van der Waals surface area contributed by atoms with Crippen molar-refractivity contribution >= 4 is 52.4 Å². The van der Waals surface area contributed by atoms with Crippen LogP contribution in [0.15, 0.2) is 29.4 Å². The molecule has 1 aromatic carbocycles. The predicted octanol–water partition coefficient (Wildman–Crippen LogP) is 3.57. The maximum atomic E-state index is 6.09. The lowest BCUT2D eigenvalue weighted by atomic mass is 10.1. The molecule has 3 N–H and O–H groups in total. The highest BCUT2D eigenvalue weighted by molar-refractivity contribution is 14.0. The molecule has 0 amide bonds. The molecule has 7 heteroatoms. The lowest BCUT2D eigenvalue weighted by molar-refractivity contribution is 0.197. The summed E-state index contributed by atoms with van der Waals surface area (Å²) in [4.78, 5) is 7.81. The highest BCUT2D eigenvalue weighted by Crippen LogP contribution is 2.22. The number of ether oxygens (including phenoxy) is 1. The summed E-state index contributed by atoms with van der Waals surface area (Å²) in [6.45, 7) is 5.22. The van der Waals surface area contributed by atoms with Crippen molar-refractivity contribution in [3.8, 4) is 0 Å². The fourth-order valence-corrected chi connectivity index (χ4v) is 2.59. The van der Waals surface area contributed by atoms with Crippen molar-refractivity contribution in [3.05, 3.63) is 35.0 Å². The number of aromatic nitrogens is 1. The van der Waals surface area contributed by atoms with Gasteiger partial charge < -0.3 is 20.4 Å². The van der Waals surface area contributed by atoms with Crippen molar-refractivity contribution in [3.63, 3.8) is 0 Å². The van der Waals surface area contributed by atoms with Gasteiger partial charge in [-0.05, 0) is 43.5 Å². The number of rotatable bonds is 8. The molecule has 0 aliphatic heterocycles. The normalized spacial score (nSPS) is 11.4. The van der Waals surface area contributed by atoms with E-state index in [1.165, 1.54) is 10.9 Å². The van der Waals surface area contributed by atoms with Crippen LogP contribution in [-0.4, -0.2) is 44.3 Å². The van der Waals surface area contributed by atoms with Crippen LogP contribution in [0, 0.1) is 0 Å². The van der Waals surface area contributed by atoms with Gasteiger partial charge in [-0.1, -0.05) is 11.6 Å². The lowest BCUT2D eigenvalue weighted by Crippen LogP contribution is -2.38. The fourth-order valence-electron chi connectivity index (χ4n) is 2.41. The number of halogens is 2. The van der Waals surface area contributed by atoms with E-state index in [4.69, 9.17) is 16.3 Å². The van der Waals surface area contributed by atoms with Gasteiger partial charge in [-0.15, -0.1) is 24.0 Å². The Morgan fingerprint density at radius 3 is 2.92 bits per heavy atom. The van der Waals surface area contributed by atoms with Crippen LogP contribution in [0.25, 0.3) is 10.9 Å². The Kier molecular flexibility index (Phi) is 10.1. The standard InChI is InChI=1S/C17H25ClN4O.HI/c1-3-19-17(20-8-4-10-23-2)21-9-7-13-12-22-16-6-5-14(18)11-15(13)16;/h5-6,11-12,22H,3-4,7-10H2,1-2H3,(H2,19,20,21);1H. The molecule has 0 spiro atoms. The molecule has 2 aromatic rings. The van der Waals surface area contributed by atoms with Gasteiger partial charge in [0.05, 0.1) is 0 Å². The zero-order valence-corrected chi connectivity index (χ0v) is 17.3. The molecule has 0 aliphatic carbocycles. The zero-order valence-electron chi connectivity index (χ0n) is 14.2. The summed E-state index contributed by atoms with van der Waals surface area (Å²) in [6.07, 6.45) is 3.88. The van der Waals surface area contributed by atoms with Gasteiger partial charge in [-0.2, -0.15) is 0 Å². The molecule has 0 saturated heterocycles. The molecule has 0 saturated carbocycles. The highest BCUT2D eigenvalue weighted by atomic mass is 127. The topological polar surface area (TPSA) is 61.4 Å². The highest BCUT2D eigenvalue weighted by Gasteiger charge is 2.05. The van der Waals surface area contributed by atoms with Crippen LogP contribution in [0.5, 0.6) is 0 Å². The quantitative estimate of drug-likeness (QED) is 0.242. The van der Waals surface area contributed by atoms with E-state index in [9.17, 15) is 0 Å². The average molecular weight is 465 g/mol. The SMILES string of the molecule is CCNC(=NCCCOC)NCCc1c[nH]c2ccc(Cl)cc12.I. The summed E-state index contributed by atoms with van der Waals surface area (Å²) >= 11 is 6.09. The third-order valence-corrected chi connectivity index (χ3v) is 3.77. The van der Waals surface area contributed by atoms with Crippen LogP contribution in [0.3, 0.4) is 0 Å². The molecule has 1 aromatic heterocycles. The molecule has 0 atom stereocenters. The number of benzene rings is 1. The van der Waals surface area contributed by atoms with Crippen LogP contribution < -0.4 is 10.6 Å². The summed E-state index contributed by atoms with van der Waals surface area (Å²) in [5.41, 5.74) is 2.37. The Hall–Kier alpha value is -0.990. The van der Waals surface area contributed by atoms with Crippen molar-refractivity contribution in [2.75, 3.05) is 33.4 Å². The van der Waals surface area contributed by atoms with Crippen LogP contribution in [0.1, 0.15) is 18.9 Å². The number of nitrogens with zero attached hydrogens (tertiary/aromatic N) is 1. The minimum atomic E-state index is 0. The minimum absolute atomic E-state index is 0. The largest absolute Gasteiger partial charge is 0.385 e. The Labute approximate surface area is 165 Å². The first-order valence-corrected chi connectivity index (χ1v) is 8.39. The Morgan fingerprint density at radius 1 is 1.33 bits per heavy atom. The number of hydrogen-bond donors (Lipinski definition) is 3. The molecule has 1 heterocycles. The van der Waals surface area contributed by atoms with Gasteiger partial charge in [0, 0.05) is 55.5 Å². The van der Waals surface area contributed by atoms with Gasteiger partial charge in [-0.25, -0.2) is 0 Å². The molecule has 0 unspecified atom stereocenters. The molecule has 134 valence electrons. The number of guanidine groups is 1. The van der Waals surface area contributed by atoms with E-state index in [-0.39, 0.29) is 24.0 Å². The number of fused-ring (bicyclic) bond motifs is 1. The van der Waals surface area contributed by atoms with E-state index < -0.39 is 0 Å². The van der Waals surface area contributed by atoms with Gasteiger partial charge in [-0.3, -0.25) is 4.99 Å². The van der Waals surface area contributed by atoms with E-state index in [1.807, 2.05) is 24.4 Å². The van der Waals surface area contributed by atoms with Crippen molar-refractivity contribution in [1.82, 2.24) is 15.6 Å². The van der Waals surface area contributed by atoms with Gasteiger partial charge in [0.1, 0.15) is 0 Å². The Bertz CT molecular complexity index is 645. The van der Waals surface area contributed by atoms with Crippen LogP contribution >= 0.6 is 35.6 Å². The number of aliphatic imine (C=N–C) groups is 1. The van der Waals surface area contributed by atoms with Crippen LogP contribution in [0.2, 0.25) is 5.02 Å². The van der Waals surface area contributed by atoms with Crippen molar-refractivity contribution in [2.24, 2.45) is 4.99 Å². The Balaban J connectivity index is 0.00000288. The van der Waals surface area contributed by atoms with Gasteiger partial charge >= 0.3 is 0 Å². The summed E-state index contributed by atoms with van der Waals surface area (Å²) in [5, 5.41) is 8.57. The first-order chi connectivity index (χ1) is 11.2. The minimum Gasteiger partial charge on any atom is -0.385 e. The smallest absolute Gasteiger partial charge is 0.191 e. The monoisotopic (exact) mass is 464 g/mol. The number of H-pyrrole nitrogens is 1. The van der Waals surface area contributed by atoms with Crippen molar-refractivity contribution in [2.45, 2.75) is 19.8 Å². The second-order valence-electron chi connectivity index (χ2n) is 5.29. The number of hydrogen-bond acceptors (Lipinski definition) is 2. The van der Waals surface area contributed by atoms with E-state index in [0.29, 0.717) is 0 Å². The number of aromatic amines is 1. The van der Waals surface area contributed by atoms with E-state index in [2.05, 4.69) is 27.5 Å². The summed E-state index contributed by atoms with van der Waals surface area (Å²) in [6, 6.07) is 5.92. The first kappa shape index (κ1) is 21.1. The first-order valence-electron chi connectivity index (χ1n) is 8.01. The molecular formula is C17H26ClIN4O. The second kappa shape index (κ2) is 11.5. The molecule has 2 rings (SSSR count). The van der Waals surface area contributed by atoms with E-state index in [0.717, 1.165) is 55.6 Å². The molecular weight excluding hydrogens is 439 g/mol. The molecule has 0 aliphatic rings. The molecule has 0 radical (unpaired) electrons. The predicted molar refractivity (Wildman–Crippen MR) is 113 cm³/mol. The maximum Gasteiger partial charge on any atom is 0.191 e. The number of nitrogens with one attached hydrogen (secondary N) is 3. The third-order valence-electron chi connectivity index (χ3n) is 3.54. The Morgan fingerprint density at radius 2 is 2.17 bits per heavy atom. The van der Waals surface area contributed by atoms with E-state index in [1.54, 1.807) is 7.11 Å². The number of methoxy groups -OCH3 is 1. The maximum absolute atomic E-state index is 6.09. The summed E-state index contributed by atoms with van der Waals surface area (Å²) in [7, 11) is 1.71. The lowest BCUT2D eigenvalue weighted by Gasteiger charge is -2.11. The van der Waals surface area contributed by atoms with Crippen molar-refractivity contribution < 1.29 is 4.74 Å². The van der Waals surface area contributed by atoms with Crippen molar-refractivity contribution in [1.29, 1.82) is 0 Å². The molecule has 5 nitrogen and oxygen atoms in total. The molecule has 24 heavy (non-hydrogen) atoms. The zero-order chi connectivity index (χ0) is 16.5. The fraction of sp³-hybridized carbons (Fsp3) is 0.471. The summed E-state index contributed by atoms with van der Waals surface area (Å²) in [5.74, 6) is 0.849. The van der Waals surface area contributed by atoms with Crippen LogP contribution in [-0.2, 0) is 11.2 Å². The van der Waals surface area contributed by atoms with E-state index >= 15 is 0 Å². The molecule has 0 bridgehead atoms. The van der Waals surface area contributed by atoms with Gasteiger partial charge in [0.2, 0.25) is 0 Å². The average Bonchev–Trinajstić information content (AvgIpc) is 2.94. The molecule has 0 fully saturated rings.